The molecule has 0 fully saturated rings. The maximum Gasteiger partial charge on any atom is 0.340 e. The summed E-state index contributed by atoms with van der Waals surface area (Å²) in [5.74, 6) is 0.231. The predicted molar refractivity (Wildman–Crippen MR) is 80.5 cm³/mol. The number of methoxy groups -OCH3 is 2. The first-order valence-corrected chi connectivity index (χ1v) is 6.41. The highest BCUT2D eigenvalue weighted by Crippen LogP contribution is 2.42. The van der Waals surface area contributed by atoms with E-state index in [0.29, 0.717) is 16.7 Å². The second-order valence-electron chi connectivity index (χ2n) is 5.25. The Labute approximate surface area is 122 Å². The van der Waals surface area contributed by atoms with E-state index in [-0.39, 0.29) is 17.1 Å². The van der Waals surface area contributed by atoms with Gasteiger partial charge >= 0.3 is 5.63 Å². The van der Waals surface area contributed by atoms with Crippen molar-refractivity contribution in [2.45, 2.75) is 19.3 Å². The lowest BCUT2D eigenvalue weighted by molar-refractivity contribution is 0.332. The minimum atomic E-state index is -0.544. The van der Waals surface area contributed by atoms with Crippen LogP contribution in [0.25, 0.3) is 11.0 Å². The second-order valence-corrected chi connectivity index (χ2v) is 5.25. The van der Waals surface area contributed by atoms with Gasteiger partial charge in [0.15, 0.2) is 11.3 Å². The predicted octanol–water partition coefficient (Wildman–Crippen LogP) is 2.98. The topological polar surface area (TPSA) is 68.9 Å². The molecule has 21 heavy (non-hydrogen) atoms. The molecule has 0 radical (unpaired) electrons. The number of phenols is 1. The van der Waals surface area contributed by atoms with Gasteiger partial charge in [0, 0.05) is 16.4 Å². The van der Waals surface area contributed by atoms with Crippen molar-refractivity contribution >= 4 is 11.0 Å². The molecule has 0 aliphatic rings. The van der Waals surface area contributed by atoms with E-state index in [2.05, 4.69) is 6.58 Å². The molecule has 1 heterocycles. The Bertz CT molecular complexity index is 755. The van der Waals surface area contributed by atoms with Gasteiger partial charge in [0.1, 0.15) is 0 Å². The van der Waals surface area contributed by atoms with E-state index in [1.165, 1.54) is 14.2 Å². The van der Waals surface area contributed by atoms with Gasteiger partial charge < -0.3 is 19.0 Å². The fourth-order valence-corrected chi connectivity index (χ4v) is 2.11. The summed E-state index contributed by atoms with van der Waals surface area (Å²) in [7, 11) is 2.87. The van der Waals surface area contributed by atoms with Gasteiger partial charge in [-0.3, -0.25) is 0 Å². The van der Waals surface area contributed by atoms with Crippen molar-refractivity contribution in [1.82, 2.24) is 0 Å². The monoisotopic (exact) mass is 290 g/mol. The lowest BCUT2D eigenvalue weighted by Gasteiger charge is -2.19. The van der Waals surface area contributed by atoms with E-state index < -0.39 is 11.0 Å². The third-order valence-electron chi connectivity index (χ3n) is 3.55. The Balaban J connectivity index is 2.86. The van der Waals surface area contributed by atoms with E-state index in [1.807, 2.05) is 13.8 Å². The lowest BCUT2D eigenvalue weighted by Crippen LogP contribution is -2.22. The summed E-state index contributed by atoms with van der Waals surface area (Å²) < 4.78 is 15.5. The summed E-state index contributed by atoms with van der Waals surface area (Å²) in [6.45, 7) is 7.45. The minimum Gasteiger partial charge on any atom is -0.502 e. The minimum absolute atomic E-state index is 0.0706. The van der Waals surface area contributed by atoms with E-state index in [1.54, 1.807) is 18.2 Å². The molecule has 0 unspecified atom stereocenters. The maximum atomic E-state index is 12.1. The van der Waals surface area contributed by atoms with E-state index >= 15 is 0 Å². The molecule has 1 N–H and O–H groups in total. The number of ether oxygens (including phenoxy) is 2. The molecule has 0 spiro atoms. The Morgan fingerprint density at radius 2 is 1.95 bits per heavy atom. The number of hydrogen-bond acceptors (Lipinski definition) is 5. The van der Waals surface area contributed by atoms with Crippen molar-refractivity contribution in [2.75, 3.05) is 14.2 Å². The molecule has 112 valence electrons. The Kier molecular flexibility index (Phi) is 3.68. The van der Waals surface area contributed by atoms with Gasteiger partial charge in [-0.1, -0.05) is 19.9 Å². The third kappa shape index (κ3) is 2.35. The van der Waals surface area contributed by atoms with Crippen molar-refractivity contribution in [3.63, 3.8) is 0 Å². The van der Waals surface area contributed by atoms with Gasteiger partial charge in [0.2, 0.25) is 11.5 Å². The van der Waals surface area contributed by atoms with E-state index in [0.717, 1.165) is 0 Å². The normalized spacial score (nSPS) is 11.4. The molecule has 0 saturated carbocycles. The van der Waals surface area contributed by atoms with Crippen LogP contribution in [0.1, 0.15) is 19.4 Å². The number of hydrogen-bond donors (Lipinski definition) is 1. The van der Waals surface area contributed by atoms with Crippen molar-refractivity contribution in [3.8, 4) is 17.2 Å². The van der Waals surface area contributed by atoms with Crippen LogP contribution in [0.2, 0.25) is 0 Å². The van der Waals surface area contributed by atoms with Gasteiger partial charge in [-0.15, -0.1) is 6.58 Å². The van der Waals surface area contributed by atoms with Gasteiger partial charge in [-0.25, -0.2) is 4.79 Å². The highest BCUT2D eigenvalue weighted by atomic mass is 16.5. The van der Waals surface area contributed by atoms with Crippen LogP contribution in [0.4, 0.5) is 0 Å². The Morgan fingerprint density at radius 3 is 2.48 bits per heavy atom. The van der Waals surface area contributed by atoms with Crippen molar-refractivity contribution in [1.29, 1.82) is 0 Å². The van der Waals surface area contributed by atoms with Crippen molar-refractivity contribution < 1.29 is 19.0 Å². The summed E-state index contributed by atoms with van der Waals surface area (Å²) >= 11 is 0. The van der Waals surface area contributed by atoms with Crippen LogP contribution < -0.4 is 15.1 Å². The highest BCUT2D eigenvalue weighted by Gasteiger charge is 2.24. The summed E-state index contributed by atoms with van der Waals surface area (Å²) in [6, 6.07) is 3.32. The standard InChI is InChI=1S/C16H18O5/c1-6-16(2,3)10-7-9-8-11(19-4)14(20-5)12(17)13(9)21-15(10)18/h6-8,17H,1H2,2-5H3. The molecule has 2 rings (SSSR count). The second kappa shape index (κ2) is 5.16. The van der Waals surface area contributed by atoms with Gasteiger partial charge in [0.05, 0.1) is 14.2 Å². The first kappa shape index (κ1) is 15.0. The number of phenolic OH excluding ortho intramolecular Hbond substituents is 1. The fourth-order valence-electron chi connectivity index (χ4n) is 2.11. The van der Waals surface area contributed by atoms with E-state index in [9.17, 15) is 9.90 Å². The summed E-state index contributed by atoms with van der Waals surface area (Å²) in [5, 5.41) is 10.7. The average molecular weight is 290 g/mol. The molecule has 0 atom stereocenters. The SMILES string of the molecule is C=CC(C)(C)c1cc2cc(OC)c(OC)c(O)c2oc1=O. The molecule has 0 bridgehead atoms. The Morgan fingerprint density at radius 1 is 1.29 bits per heavy atom. The number of allylic oxidation sites excluding steroid dienone is 1. The quantitative estimate of drug-likeness (QED) is 0.692. The summed E-state index contributed by atoms with van der Waals surface area (Å²) in [6.07, 6.45) is 1.67. The third-order valence-corrected chi connectivity index (χ3v) is 3.55. The molecular weight excluding hydrogens is 272 g/mol. The zero-order valence-corrected chi connectivity index (χ0v) is 12.5. The maximum absolute atomic E-state index is 12.1. The number of fused-ring (bicyclic) bond motifs is 1. The molecule has 5 heteroatoms. The van der Waals surface area contributed by atoms with Crippen molar-refractivity contribution in [2.24, 2.45) is 0 Å². The van der Waals surface area contributed by atoms with Crippen LogP contribution >= 0.6 is 0 Å². The molecule has 1 aromatic carbocycles. The van der Waals surface area contributed by atoms with Crippen LogP contribution in [-0.2, 0) is 5.41 Å². The lowest BCUT2D eigenvalue weighted by atomic mass is 9.85. The molecule has 2 aromatic rings. The van der Waals surface area contributed by atoms with Crippen LogP contribution in [-0.4, -0.2) is 19.3 Å². The molecule has 1 aromatic heterocycles. The summed E-state index contributed by atoms with van der Waals surface area (Å²) in [4.78, 5) is 12.1. The van der Waals surface area contributed by atoms with E-state index in [4.69, 9.17) is 13.9 Å². The number of benzene rings is 1. The first-order valence-electron chi connectivity index (χ1n) is 6.41. The largest absolute Gasteiger partial charge is 0.502 e. The van der Waals surface area contributed by atoms with Gasteiger partial charge in [0.25, 0.3) is 0 Å². The Hall–Kier alpha value is -2.43. The van der Waals surface area contributed by atoms with Crippen LogP contribution in [0.15, 0.2) is 34.0 Å². The molecule has 5 nitrogen and oxygen atoms in total. The molecule has 0 amide bonds. The smallest absolute Gasteiger partial charge is 0.340 e. The number of aromatic hydroxyl groups is 1. The molecule has 0 aliphatic heterocycles. The first-order chi connectivity index (χ1) is 9.85. The average Bonchev–Trinajstić information content (AvgIpc) is 2.47. The van der Waals surface area contributed by atoms with Crippen LogP contribution in [0.5, 0.6) is 17.2 Å². The number of rotatable bonds is 4. The van der Waals surface area contributed by atoms with Crippen molar-refractivity contribution in [3.05, 3.63) is 40.8 Å². The zero-order chi connectivity index (χ0) is 15.8. The zero-order valence-electron chi connectivity index (χ0n) is 12.5. The van der Waals surface area contributed by atoms with Gasteiger partial charge in [-0.2, -0.15) is 0 Å². The molecule has 0 saturated heterocycles. The van der Waals surface area contributed by atoms with Crippen LogP contribution in [0, 0.1) is 0 Å². The molecular formula is C16H18O5. The highest BCUT2D eigenvalue weighted by molar-refractivity contribution is 5.88. The summed E-state index contributed by atoms with van der Waals surface area (Å²) in [5.41, 5.74) is -0.537. The van der Waals surface area contributed by atoms with Gasteiger partial charge in [-0.05, 0) is 12.1 Å². The van der Waals surface area contributed by atoms with Crippen LogP contribution in [0.3, 0.4) is 0 Å². The fraction of sp³-hybridized carbons (Fsp3) is 0.312. The molecule has 0 aliphatic carbocycles.